The topological polar surface area (TPSA) is 84.3 Å². The largest absolute Gasteiger partial charge is 0.497 e. The summed E-state index contributed by atoms with van der Waals surface area (Å²) >= 11 is 10.6. The first-order chi connectivity index (χ1) is 25.5. The van der Waals surface area contributed by atoms with Crippen LogP contribution in [0.4, 0.5) is 24.7 Å². The fourth-order valence-electron chi connectivity index (χ4n) is 6.40. The number of ether oxygens (including phenoxy) is 3. The number of pyridine rings is 2. The molecule has 53 heavy (non-hydrogen) atoms. The molecule has 0 unspecified atom stereocenters. The molecule has 14 heteroatoms. The van der Waals surface area contributed by atoms with Gasteiger partial charge in [-0.1, -0.05) is 35.9 Å². The fourth-order valence-corrected chi connectivity index (χ4v) is 7.12. The summed E-state index contributed by atoms with van der Waals surface area (Å²) in [4.78, 5) is 17.6. The molecule has 0 spiro atoms. The van der Waals surface area contributed by atoms with Crippen LogP contribution in [0, 0.1) is 6.92 Å². The lowest BCUT2D eigenvalue weighted by molar-refractivity contribution is -0.137. The van der Waals surface area contributed by atoms with E-state index in [1.165, 1.54) is 25.3 Å². The number of hydrogen-bond donors (Lipinski definition) is 1. The van der Waals surface area contributed by atoms with Gasteiger partial charge < -0.3 is 29.3 Å². The van der Waals surface area contributed by atoms with E-state index in [0.29, 0.717) is 54.0 Å². The van der Waals surface area contributed by atoms with Gasteiger partial charge in [-0.2, -0.15) is 13.2 Å². The second-order valence-corrected chi connectivity index (χ2v) is 13.7. The van der Waals surface area contributed by atoms with Gasteiger partial charge in [0, 0.05) is 41.7 Å². The summed E-state index contributed by atoms with van der Waals surface area (Å²) in [6, 6.07) is 19.9. The summed E-state index contributed by atoms with van der Waals surface area (Å²) in [5.41, 5.74) is 2.51. The Hall–Kier alpha value is -5.27. The van der Waals surface area contributed by atoms with Gasteiger partial charge >= 0.3 is 6.18 Å². The fraction of sp³-hybridized carbons (Fsp3) is 0.205. The lowest BCUT2D eigenvalue weighted by atomic mass is 9.97. The summed E-state index contributed by atoms with van der Waals surface area (Å²) in [7, 11) is 3.18. The smallest absolute Gasteiger partial charge is 0.418 e. The van der Waals surface area contributed by atoms with Crippen molar-refractivity contribution in [3.63, 3.8) is 0 Å². The lowest BCUT2D eigenvalue weighted by Gasteiger charge is -2.29. The van der Waals surface area contributed by atoms with Crippen LogP contribution >= 0.6 is 27.5 Å². The number of hydrogen-bond acceptors (Lipinski definition) is 9. The first-order valence-corrected chi connectivity index (χ1v) is 17.6. The molecular formula is C39H33BrClF3N6O3. The SMILES string of the molecule is COc1ccc(CN(Cc2ccc(OC)cc2)c2cc(C)c(C(F)(F)F)c(-c3cc4c5c(c3Cl)NCN=C5N(Cc3cncc(Br)c3)C=CO4)n2)cc1. The van der Waals surface area contributed by atoms with Crippen molar-refractivity contribution >= 4 is 44.9 Å². The molecule has 7 rings (SSSR count). The predicted octanol–water partition coefficient (Wildman–Crippen LogP) is 9.61. The van der Waals surface area contributed by atoms with Gasteiger partial charge in [-0.05, 0) is 87.6 Å². The highest BCUT2D eigenvalue weighted by Crippen LogP contribution is 2.48. The predicted molar refractivity (Wildman–Crippen MR) is 203 cm³/mol. The van der Waals surface area contributed by atoms with Crippen molar-refractivity contribution < 1.29 is 27.4 Å². The molecule has 5 aromatic rings. The zero-order valence-electron chi connectivity index (χ0n) is 28.8. The molecule has 4 heterocycles. The molecule has 2 aromatic heterocycles. The van der Waals surface area contributed by atoms with Gasteiger partial charge in [-0.3, -0.25) is 4.98 Å². The van der Waals surface area contributed by atoms with E-state index in [9.17, 15) is 0 Å². The first-order valence-electron chi connectivity index (χ1n) is 16.5. The second kappa shape index (κ2) is 15.0. The summed E-state index contributed by atoms with van der Waals surface area (Å²) in [6.07, 6.45) is 1.90. The minimum Gasteiger partial charge on any atom is -0.497 e. The number of aliphatic imine (C=N–C) groups is 1. The molecule has 0 aliphatic carbocycles. The highest BCUT2D eigenvalue weighted by Gasteiger charge is 2.39. The van der Waals surface area contributed by atoms with E-state index in [4.69, 9.17) is 35.8 Å². The number of methoxy groups -OCH3 is 2. The Bertz CT molecular complexity index is 2170. The number of halogens is 5. The lowest BCUT2D eigenvalue weighted by Crippen LogP contribution is -2.30. The molecule has 2 aliphatic heterocycles. The van der Waals surface area contributed by atoms with E-state index in [1.54, 1.807) is 32.8 Å². The molecule has 272 valence electrons. The van der Waals surface area contributed by atoms with Crippen LogP contribution in [0.1, 0.15) is 33.4 Å². The average molecular weight is 806 g/mol. The van der Waals surface area contributed by atoms with Crippen molar-refractivity contribution in [2.45, 2.75) is 32.7 Å². The molecule has 0 radical (unpaired) electrons. The summed E-state index contributed by atoms with van der Waals surface area (Å²) in [6.45, 7) is 2.67. The van der Waals surface area contributed by atoms with E-state index >= 15 is 13.2 Å². The number of nitrogens with zero attached hydrogens (tertiary/aromatic N) is 5. The van der Waals surface area contributed by atoms with Crippen molar-refractivity contribution in [3.05, 3.63) is 134 Å². The quantitative estimate of drug-likeness (QED) is 0.150. The zero-order valence-corrected chi connectivity index (χ0v) is 31.2. The van der Waals surface area contributed by atoms with Crippen molar-refractivity contribution in [2.75, 3.05) is 31.1 Å². The Labute approximate surface area is 317 Å². The number of anilines is 2. The molecular weight excluding hydrogens is 773 g/mol. The van der Waals surface area contributed by atoms with Gasteiger partial charge in [0.05, 0.1) is 48.3 Å². The van der Waals surface area contributed by atoms with Crippen molar-refractivity contribution in [2.24, 2.45) is 4.99 Å². The van der Waals surface area contributed by atoms with Crippen LogP contribution < -0.4 is 24.4 Å². The maximum atomic E-state index is 15.0. The van der Waals surface area contributed by atoms with Gasteiger partial charge in [0.1, 0.15) is 41.8 Å². The van der Waals surface area contributed by atoms with E-state index < -0.39 is 11.7 Å². The number of rotatable bonds is 10. The van der Waals surface area contributed by atoms with Crippen LogP contribution in [0.3, 0.4) is 0 Å². The van der Waals surface area contributed by atoms with Crippen molar-refractivity contribution in [3.8, 4) is 28.5 Å². The van der Waals surface area contributed by atoms with Gasteiger partial charge in [-0.15, -0.1) is 0 Å². The monoisotopic (exact) mass is 804 g/mol. The normalized spacial score (nSPS) is 13.4. The van der Waals surface area contributed by atoms with Crippen LogP contribution in [0.2, 0.25) is 5.02 Å². The van der Waals surface area contributed by atoms with Gasteiger partial charge in [0.15, 0.2) is 0 Å². The van der Waals surface area contributed by atoms with Gasteiger partial charge in [-0.25, -0.2) is 9.98 Å². The third-order valence-electron chi connectivity index (χ3n) is 8.89. The highest BCUT2D eigenvalue weighted by molar-refractivity contribution is 9.10. The maximum absolute atomic E-state index is 15.0. The summed E-state index contributed by atoms with van der Waals surface area (Å²) < 4.78 is 62.6. The average Bonchev–Trinajstić information content (AvgIpc) is 3.31. The summed E-state index contributed by atoms with van der Waals surface area (Å²) in [5.74, 6) is 2.55. The summed E-state index contributed by atoms with van der Waals surface area (Å²) in [5, 5.41) is 3.25. The Morgan fingerprint density at radius 1 is 0.943 bits per heavy atom. The highest BCUT2D eigenvalue weighted by atomic mass is 79.9. The van der Waals surface area contributed by atoms with E-state index in [2.05, 4.69) is 26.2 Å². The Kier molecular flexibility index (Phi) is 10.2. The van der Waals surface area contributed by atoms with Crippen LogP contribution in [-0.4, -0.2) is 41.6 Å². The zero-order chi connectivity index (χ0) is 37.3. The third-order valence-corrected chi connectivity index (χ3v) is 9.72. The second-order valence-electron chi connectivity index (χ2n) is 12.4. The molecule has 0 fully saturated rings. The maximum Gasteiger partial charge on any atom is 0.418 e. The minimum atomic E-state index is -4.75. The standard InChI is InChI=1S/C39H33BrClF3N6O3/c1-23-14-32(50(19-24-4-8-28(51-2)9-5-24)20-25-6-10-29(52-3)11-7-25)48-36(34(23)39(42,43)44)30-16-31-33-37(35(30)41)46-22-47-38(33)49(12-13-53-31)21-26-15-27(40)18-45-17-26/h4-18,46H,19-22H2,1-3H3. The molecule has 9 nitrogen and oxygen atoms in total. The number of aromatic nitrogens is 2. The van der Waals surface area contributed by atoms with Gasteiger partial charge in [0.25, 0.3) is 0 Å². The van der Waals surface area contributed by atoms with E-state index in [-0.39, 0.29) is 34.3 Å². The van der Waals surface area contributed by atoms with Crippen LogP contribution in [0.15, 0.2) is 101 Å². The van der Waals surface area contributed by atoms with Crippen LogP contribution in [0.5, 0.6) is 17.2 Å². The Morgan fingerprint density at radius 3 is 2.21 bits per heavy atom. The number of nitrogens with one attached hydrogen (secondary N) is 1. The molecule has 1 N–H and O–H groups in total. The minimum absolute atomic E-state index is 0.00329. The van der Waals surface area contributed by atoms with Crippen LogP contribution in [0.25, 0.3) is 11.3 Å². The van der Waals surface area contributed by atoms with E-state index in [1.807, 2.05) is 64.4 Å². The van der Waals surface area contributed by atoms with Crippen LogP contribution in [-0.2, 0) is 25.8 Å². The van der Waals surface area contributed by atoms with Crippen molar-refractivity contribution in [1.82, 2.24) is 14.9 Å². The number of aryl methyl sites for hydroxylation is 1. The van der Waals surface area contributed by atoms with Crippen molar-refractivity contribution in [1.29, 1.82) is 0 Å². The van der Waals surface area contributed by atoms with E-state index in [0.717, 1.165) is 21.2 Å². The number of amidine groups is 1. The molecule has 0 saturated carbocycles. The molecule has 0 atom stereocenters. The first kappa shape index (κ1) is 36.1. The molecule has 0 bridgehead atoms. The molecule has 2 aliphatic rings. The molecule has 0 saturated heterocycles. The number of alkyl halides is 3. The molecule has 3 aromatic carbocycles. The molecule has 0 amide bonds. The Morgan fingerprint density at radius 2 is 1.60 bits per heavy atom. The Balaban J connectivity index is 1.35. The number of benzene rings is 3. The van der Waals surface area contributed by atoms with Gasteiger partial charge in [0.2, 0.25) is 0 Å². The third kappa shape index (κ3) is 7.63.